The van der Waals surface area contributed by atoms with Gasteiger partial charge >= 0.3 is 11.9 Å². The summed E-state index contributed by atoms with van der Waals surface area (Å²) >= 11 is 5.90. The van der Waals surface area contributed by atoms with Gasteiger partial charge in [-0.3, -0.25) is 19.6 Å². The summed E-state index contributed by atoms with van der Waals surface area (Å²) in [6, 6.07) is 47.4. The Morgan fingerprint density at radius 2 is 0.984 bits per heavy atom. The summed E-state index contributed by atoms with van der Waals surface area (Å²) in [7, 11) is 2.89. The molecule has 0 spiro atoms. The second-order valence-corrected chi connectivity index (χ2v) is 14.4. The van der Waals surface area contributed by atoms with Crippen LogP contribution in [0.5, 0.6) is 5.75 Å². The molecule has 2 aromatic heterocycles. The van der Waals surface area contributed by atoms with Gasteiger partial charge in [0.15, 0.2) is 0 Å². The van der Waals surface area contributed by atoms with Crippen LogP contribution in [-0.4, -0.2) is 65.1 Å². The molecule has 0 saturated heterocycles. The Morgan fingerprint density at radius 1 is 0.548 bits per heavy atom. The van der Waals surface area contributed by atoms with Crippen molar-refractivity contribution in [2.45, 2.75) is 24.9 Å². The summed E-state index contributed by atoms with van der Waals surface area (Å²) in [4.78, 5) is 57.4. The fourth-order valence-electron chi connectivity index (χ4n) is 6.45. The van der Waals surface area contributed by atoms with Gasteiger partial charge in [-0.05, 0) is 80.9 Å². The van der Waals surface area contributed by atoms with E-state index in [1.165, 1.54) is 25.6 Å². The zero-order valence-electron chi connectivity index (χ0n) is 33.9. The van der Waals surface area contributed by atoms with Gasteiger partial charge in [-0.1, -0.05) is 133 Å². The third kappa shape index (κ3) is 12.2. The molecule has 7 aromatic rings. The van der Waals surface area contributed by atoms with Gasteiger partial charge in [-0.2, -0.15) is 0 Å². The van der Waals surface area contributed by atoms with Crippen molar-refractivity contribution >= 4 is 35.4 Å². The van der Waals surface area contributed by atoms with Crippen molar-refractivity contribution in [3.05, 3.63) is 198 Å². The molecular weight excluding hydrogens is 804 g/mol. The number of carbonyl (C=O) groups is 4. The Labute approximate surface area is 364 Å². The molecule has 312 valence electrons. The summed E-state index contributed by atoms with van der Waals surface area (Å²) in [5.74, 6) is -1.92. The first-order valence-electron chi connectivity index (χ1n) is 19.5. The maximum atomic E-state index is 12.8. The monoisotopic (exact) mass is 846 g/mol. The summed E-state index contributed by atoms with van der Waals surface area (Å²) < 4.78 is 10.0. The number of amides is 2. The fraction of sp³-hybridized carbons (Fsp3) is 0.120. The van der Waals surface area contributed by atoms with Crippen molar-refractivity contribution in [2.24, 2.45) is 0 Å². The topological polar surface area (TPSA) is 157 Å². The lowest BCUT2D eigenvalue weighted by Crippen LogP contribution is -2.43. The molecule has 5 aromatic carbocycles. The Kier molecular flexibility index (Phi) is 15.3. The van der Waals surface area contributed by atoms with Crippen LogP contribution in [0.4, 0.5) is 0 Å². The molecule has 62 heavy (non-hydrogen) atoms. The first-order chi connectivity index (χ1) is 30.1. The van der Waals surface area contributed by atoms with Crippen molar-refractivity contribution in [1.29, 1.82) is 0 Å². The smallest absolute Gasteiger partial charge is 0.328 e. The number of benzene rings is 5. The maximum absolute atomic E-state index is 12.8. The quantitative estimate of drug-likeness (QED) is 0.0911. The van der Waals surface area contributed by atoms with Crippen LogP contribution in [0.15, 0.2) is 170 Å². The van der Waals surface area contributed by atoms with Crippen LogP contribution >= 0.6 is 11.6 Å². The van der Waals surface area contributed by atoms with Crippen molar-refractivity contribution in [3.63, 3.8) is 0 Å². The van der Waals surface area contributed by atoms with Gasteiger partial charge in [-0.15, -0.1) is 0 Å². The lowest BCUT2D eigenvalue weighted by Gasteiger charge is -2.16. The molecule has 0 unspecified atom stereocenters. The molecule has 12 heteroatoms. The highest BCUT2D eigenvalue weighted by molar-refractivity contribution is 6.30. The number of nitrogens with one attached hydrogen (secondary N) is 2. The zero-order chi connectivity index (χ0) is 43.8. The maximum Gasteiger partial charge on any atom is 0.328 e. The molecule has 2 heterocycles. The van der Waals surface area contributed by atoms with E-state index in [1.54, 1.807) is 25.3 Å². The normalized spacial score (nSPS) is 11.5. The number of methoxy groups -OCH3 is 2. The van der Waals surface area contributed by atoms with Gasteiger partial charge in [-0.25, -0.2) is 9.59 Å². The summed E-state index contributed by atoms with van der Waals surface area (Å²) in [6.07, 6.45) is 3.43. The highest BCUT2D eigenvalue weighted by Crippen LogP contribution is 2.24. The number of carboxylic acid groups (broad SMARTS) is 1. The largest absolute Gasteiger partial charge is 0.497 e. The minimum atomic E-state index is -1.10. The average molecular weight is 847 g/mol. The molecule has 11 nitrogen and oxygen atoms in total. The highest BCUT2D eigenvalue weighted by Gasteiger charge is 2.24. The minimum Gasteiger partial charge on any atom is -0.497 e. The number of carboxylic acids is 1. The highest BCUT2D eigenvalue weighted by atomic mass is 35.5. The number of ether oxygens (including phenoxy) is 2. The van der Waals surface area contributed by atoms with Gasteiger partial charge in [0.05, 0.1) is 14.2 Å². The van der Waals surface area contributed by atoms with Crippen molar-refractivity contribution in [3.8, 4) is 39.1 Å². The molecule has 3 N–H and O–H groups in total. The van der Waals surface area contributed by atoms with Crippen LogP contribution in [-0.2, 0) is 27.2 Å². The van der Waals surface area contributed by atoms with Crippen LogP contribution in [0.1, 0.15) is 32.1 Å². The van der Waals surface area contributed by atoms with Crippen LogP contribution < -0.4 is 15.4 Å². The zero-order valence-corrected chi connectivity index (χ0v) is 34.7. The number of halogens is 1. The van der Waals surface area contributed by atoms with Crippen LogP contribution in [0.2, 0.25) is 5.02 Å². The van der Waals surface area contributed by atoms with Crippen molar-refractivity contribution in [2.75, 3.05) is 14.2 Å². The fourth-order valence-corrected chi connectivity index (χ4v) is 6.61. The lowest BCUT2D eigenvalue weighted by molar-refractivity contribution is -0.143. The Balaban J connectivity index is 0.000000211. The van der Waals surface area contributed by atoms with Crippen molar-refractivity contribution in [1.82, 2.24) is 20.6 Å². The van der Waals surface area contributed by atoms with Crippen LogP contribution in [0.3, 0.4) is 0 Å². The summed E-state index contributed by atoms with van der Waals surface area (Å²) in [5.41, 5.74) is 8.00. The summed E-state index contributed by atoms with van der Waals surface area (Å²) in [5, 5.41) is 15.4. The molecule has 0 aliphatic carbocycles. The molecule has 7 rings (SSSR count). The van der Waals surface area contributed by atoms with E-state index in [0.717, 1.165) is 50.3 Å². The van der Waals surface area contributed by atoms with E-state index in [2.05, 4.69) is 20.6 Å². The standard InChI is InChI=1S/C28H24N2O4.C22H19ClN2O3/c1-34-24-13-11-22(12-14-24)23-15-16-29-25(18-23)27(31)30-26(28(32)33)17-19-7-9-21(10-8-19)20-5-3-2-4-6-20;1-28-22(27)20(25-21(26)19-14-18(23)11-12-24-19)13-15-7-9-17(10-8-15)16-5-3-2-4-6-16/h2-16,18,26H,17H2,1H3,(H,30,31)(H,32,33);2-12,14,20H,13H2,1H3,(H,25,26)/t26-;20-/m00/s1. The average Bonchev–Trinajstić information content (AvgIpc) is 3.32. The third-order valence-corrected chi connectivity index (χ3v) is 10.0. The first-order valence-corrected chi connectivity index (χ1v) is 19.9. The number of hydrogen-bond acceptors (Lipinski definition) is 8. The molecule has 2 amide bonds. The molecule has 0 aliphatic rings. The molecule has 0 fully saturated rings. The predicted octanol–water partition coefficient (Wildman–Crippen LogP) is 8.77. The van der Waals surface area contributed by atoms with E-state index in [9.17, 15) is 24.3 Å². The molecule has 2 atom stereocenters. The van der Waals surface area contributed by atoms with E-state index in [0.29, 0.717) is 11.4 Å². The molecule has 0 saturated carbocycles. The number of aliphatic carboxylic acids is 1. The van der Waals surface area contributed by atoms with E-state index < -0.39 is 35.8 Å². The number of esters is 1. The number of carbonyl (C=O) groups excluding carboxylic acids is 3. The van der Waals surface area contributed by atoms with Gasteiger partial charge in [0.1, 0.15) is 29.2 Å². The number of nitrogens with zero attached hydrogens (tertiary/aromatic N) is 2. The van der Waals surface area contributed by atoms with Crippen LogP contribution in [0, 0.1) is 0 Å². The number of pyridine rings is 2. The third-order valence-electron chi connectivity index (χ3n) is 9.77. The first kappa shape index (κ1) is 43.9. The van der Waals surface area contributed by atoms with Gasteiger partial charge in [0.25, 0.3) is 11.8 Å². The molecular formula is C50H43ClN4O7. The molecule has 0 radical (unpaired) electrons. The molecule has 0 aliphatic heterocycles. The second kappa shape index (κ2) is 21.6. The van der Waals surface area contributed by atoms with E-state index >= 15 is 0 Å². The van der Waals surface area contributed by atoms with E-state index in [1.807, 2.05) is 133 Å². The minimum absolute atomic E-state index is 0.140. The SMILES string of the molecule is COC(=O)[C@H](Cc1ccc(-c2ccccc2)cc1)NC(=O)c1cc(Cl)ccn1.COc1ccc(-c2ccnc(C(=O)N[C@@H](Cc3ccc(-c4ccccc4)cc3)C(=O)O)c2)cc1. The lowest BCUT2D eigenvalue weighted by atomic mass is 10.0. The molecule has 0 bridgehead atoms. The predicted molar refractivity (Wildman–Crippen MR) is 239 cm³/mol. The number of aromatic nitrogens is 2. The van der Waals surface area contributed by atoms with Gasteiger partial charge < -0.3 is 25.2 Å². The Bertz CT molecular complexity index is 2590. The summed E-state index contributed by atoms with van der Waals surface area (Å²) in [6.45, 7) is 0. The Hall–Kier alpha value is -7.63. The number of hydrogen-bond donors (Lipinski definition) is 3. The second-order valence-electron chi connectivity index (χ2n) is 14.0. The van der Waals surface area contributed by atoms with Gasteiger partial charge in [0, 0.05) is 30.3 Å². The number of rotatable bonds is 14. The van der Waals surface area contributed by atoms with Gasteiger partial charge in [0.2, 0.25) is 0 Å². The Morgan fingerprint density at radius 3 is 1.47 bits per heavy atom. The van der Waals surface area contributed by atoms with Crippen molar-refractivity contribution < 1.29 is 33.8 Å². The van der Waals surface area contributed by atoms with Crippen LogP contribution in [0.25, 0.3) is 33.4 Å². The van der Waals surface area contributed by atoms with E-state index in [-0.39, 0.29) is 17.8 Å². The van der Waals surface area contributed by atoms with E-state index in [4.69, 9.17) is 21.1 Å².